The molecule has 1 rings (SSSR count). The maximum Gasteiger partial charge on any atom is 0.405 e. The zero-order valence-electron chi connectivity index (χ0n) is 11.8. The van der Waals surface area contributed by atoms with Crippen LogP contribution in [0.3, 0.4) is 0 Å². The molecular formula is C12H20F3N3O3. The summed E-state index contributed by atoms with van der Waals surface area (Å²) in [5.41, 5.74) is 0. The van der Waals surface area contributed by atoms with Crippen LogP contribution in [0.1, 0.15) is 12.8 Å². The van der Waals surface area contributed by atoms with Crippen LogP contribution < -0.4 is 10.6 Å². The SMILES string of the molecule is CN(CC(=O)NCC(F)(F)F)C(=O)COC1CCNCC1. The number of nitrogens with zero attached hydrogens (tertiary/aromatic N) is 1. The van der Waals surface area contributed by atoms with E-state index in [1.54, 1.807) is 5.32 Å². The van der Waals surface area contributed by atoms with Crippen LogP contribution in [-0.4, -0.2) is 68.8 Å². The van der Waals surface area contributed by atoms with Gasteiger partial charge in [-0.05, 0) is 25.9 Å². The average Bonchev–Trinajstić information content (AvgIpc) is 2.43. The van der Waals surface area contributed by atoms with E-state index in [-0.39, 0.29) is 12.7 Å². The van der Waals surface area contributed by atoms with Crippen molar-refractivity contribution in [3.8, 4) is 0 Å². The number of alkyl halides is 3. The quantitative estimate of drug-likeness (QED) is 0.718. The summed E-state index contributed by atoms with van der Waals surface area (Å²) in [6.07, 6.45) is -2.84. The standard InChI is InChI=1S/C12H20F3N3O3/c1-18(6-10(19)17-8-12(13,14)15)11(20)7-21-9-2-4-16-5-3-9/h9,16H,2-8H2,1H3,(H,17,19). The Kier molecular flexibility index (Phi) is 6.90. The van der Waals surface area contributed by atoms with Crippen LogP contribution in [0.4, 0.5) is 13.2 Å². The van der Waals surface area contributed by atoms with Crippen molar-refractivity contribution in [2.75, 3.05) is 39.8 Å². The van der Waals surface area contributed by atoms with E-state index in [1.807, 2.05) is 0 Å². The Hall–Kier alpha value is -1.35. The summed E-state index contributed by atoms with van der Waals surface area (Å²) in [7, 11) is 1.35. The molecule has 6 nitrogen and oxygen atoms in total. The number of hydrogen-bond donors (Lipinski definition) is 2. The molecule has 1 aliphatic heterocycles. The Morgan fingerprint density at radius 3 is 2.52 bits per heavy atom. The monoisotopic (exact) mass is 311 g/mol. The summed E-state index contributed by atoms with van der Waals surface area (Å²) in [6.45, 7) is -0.346. The molecule has 21 heavy (non-hydrogen) atoms. The summed E-state index contributed by atoms with van der Waals surface area (Å²) in [6, 6.07) is 0. The minimum Gasteiger partial charge on any atom is -0.368 e. The van der Waals surface area contributed by atoms with Gasteiger partial charge in [0, 0.05) is 7.05 Å². The lowest BCUT2D eigenvalue weighted by Gasteiger charge is -2.24. The highest BCUT2D eigenvalue weighted by atomic mass is 19.4. The highest BCUT2D eigenvalue weighted by Gasteiger charge is 2.28. The first-order chi connectivity index (χ1) is 9.78. The Morgan fingerprint density at radius 2 is 1.95 bits per heavy atom. The van der Waals surface area contributed by atoms with Crippen molar-refractivity contribution < 1.29 is 27.5 Å². The van der Waals surface area contributed by atoms with Gasteiger partial charge < -0.3 is 20.3 Å². The number of carbonyl (C=O) groups is 2. The number of rotatable bonds is 6. The molecule has 0 aromatic heterocycles. The third-order valence-electron chi connectivity index (χ3n) is 3.02. The zero-order valence-corrected chi connectivity index (χ0v) is 11.8. The largest absolute Gasteiger partial charge is 0.405 e. The summed E-state index contributed by atoms with van der Waals surface area (Å²) in [4.78, 5) is 24.0. The average molecular weight is 311 g/mol. The summed E-state index contributed by atoms with van der Waals surface area (Å²) >= 11 is 0. The van der Waals surface area contributed by atoms with E-state index in [0.717, 1.165) is 30.8 Å². The molecule has 9 heteroatoms. The highest BCUT2D eigenvalue weighted by molar-refractivity contribution is 5.85. The molecule has 1 aliphatic rings. The molecule has 2 N–H and O–H groups in total. The van der Waals surface area contributed by atoms with E-state index in [0.29, 0.717) is 0 Å². The highest BCUT2D eigenvalue weighted by Crippen LogP contribution is 2.12. The van der Waals surface area contributed by atoms with Gasteiger partial charge in [0.25, 0.3) is 0 Å². The van der Waals surface area contributed by atoms with E-state index in [2.05, 4.69) is 5.32 Å². The van der Waals surface area contributed by atoms with Gasteiger partial charge in [-0.3, -0.25) is 9.59 Å². The molecule has 1 saturated heterocycles. The van der Waals surface area contributed by atoms with Crippen molar-refractivity contribution in [3.05, 3.63) is 0 Å². The lowest BCUT2D eigenvalue weighted by molar-refractivity contribution is -0.144. The van der Waals surface area contributed by atoms with E-state index >= 15 is 0 Å². The number of halogens is 3. The fraction of sp³-hybridized carbons (Fsp3) is 0.833. The normalized spacial score (nSPS) is 16.6. The molecule has 0 bridgehead atoms. The molecule has 0 aromatic rings. The van der Waals surface area contributed by atoms with Gasteiger partial charge in [-0.1, -0.05) is 0 Å². The van der Waals surface area contributed by atoms with Gasteiger partial charge in [0.15, 0.2) is 0 Å². The van der Waals surface area contributed by atoms with Gasteiger partial charge in [-0.15, -0.1) is 0 Å². The van der Waals surface area contributed by atoms with Gasteiger partial charge in [0.05, 0.1) is 12.6 Å². The molecular weight excluding hydrogens is 291 g/mol. The first kappa shape index (κ1) is 17.7. The summed E-state index contributed by atoms with van der Waals surface area (Å²) in [5, 5.41) is 4.86. The number of amides is 2. The zero-order chi connectivity index (χ0) is 15.9. The third-order valence-corrected chi connectivity index (χ3v) is 3.02. The van der Waals surface area contributed by atoms with Crippen LogP contribution in [0.15, 0.2) is 0 Å². The van der Waals surface area contributed by atoms with Crippen molar-refractivity contribution in [1.29, 1.82) is 0 Å². The number of likely N-dealkylation sites (N-methyl/N-ethyl adjacent to an activating group) is 1. The first-order valence-corrected chi connectivity index (χ1v) is 6.67. The number of ether oxygens (including phenoxy) is 1. The van der Waals surface area contributed by atoms with Crippen molar-refractivity contribution in [2.45, 2.75) is 25.1 Å². The van der Waals surface area contributed by atoms with Crippen LogP contribution in [-0.2, 0) is 14.3 Å². The van der Waals surface area contributed by atoms with Gasteiger partial charge >= 0.3 is 6.18 Å². The summed E-state index contributed by atoms with van der Waals surface area (Å²) in [5.74, 6) is -1.29. The molecule has 1 fully saturated rings. The Balaban J connectivity index is 2.22. The van der Waals surface area contributed by atoms with E-state index < -0.39 is 31.1 Å². The molecule has 0 aromatic carbocycles. The molecule has 122 valence electrons. The molecule has 0 unspecified atom stereocenters. The van der Waals surface area contributed by atoms with Crippen LogP contribution in [0.25, 0.3) is 0 Å². The second-order valence-corrected chi connectivity index (χ2v) is 4.90. The van der Waals surface area contributed by atoms with Gasteiger partial charge in [-0.2, -0.15) is 13.2 Å². The van der Waals surface area contributed by atoms with Crippen molar-refractivity contribution in [3.63, 3.8) is 0 Å². The molecule has 0 spiro atoms. The second-order valence-electron chi connectivity index (χ2n) is 4.90. The molecule has 1 heterocycles. The summed E-state index contributed by atoms with van der Waals surface area (Å²) < 4.78 is 41.2. The number of nitrogens with one attached hydrogen (secondary N) is 2. The number of hydrogen-bond acceptors (Lipinski definition) is 4. The molecule has 2 amide bonds. The van der Waals surface area contributed by atoms with Crippen LogP contribution in [0, 0.1) is 0 Å². The first-order valence-electron chi connectivity index (χ1n) is 6.67. The van der Waals surface area contributed by atoms with Crippen LogP contribution in [0.5, 0.6) is 0 Å². The lowest BCUT2D eigenvalue weighted by Crippen LogP contribution is -2.43. The fourth-order valence-electron chi connectivity index (χ4n) is 1.82. The number of carbonyl (C=O) groups excluding carboxylic acids is 2. The fourth-order valence-corrected chi connectivity index (χ4v) is 1.82. The maximum atomic E-state index is 11.9. The van der Waals surface area contributed by atoms with Crippen LogP contribution >= 0.6 is 0 Å². The van der Waals surface area contributed by atoms with E-state index in [9.17, 15) is 22.8 Å². The lowest BCUT2D eigenvalue weighted by atomic mass is 10.1. The molecule has 0 aliphatic carbocycles. The predicted molar refractivity (Wildman–Crippen MR) is 68.5 cm³/mol. The molecule has 0 radical (unpaired) electrons. The Morgan fingerprint density at radius 1 is 1.33 bits per heavy atom. The maximum absolute atomic E-state index is 11.9. The topological polar surface area (TPSA) is 70.7 Å². The molecule has 0 saturated carbocycles. The van der Waals surface area contributed by atoms with Crippen LogP contribution in [0.2, 0.25) is 0 Å². The Labute approximate surface area is 121 Å². The van der Waals surface area contributed by atoms with Crippen molar-refractivity contribution in [1.82, 2.24) is 15.5 Å². The van der Waals surface area contributed by atoms with Gasteiger partial charge in [0.1, 0.15) is 13.2 Å². The Bertz CT molecular complexity index is 357. The minimum absolute atomic E-state index is 0.00246. The van der Waals surface area contributed by atoms with Crippen molar-refractivity contribution >= 4 is 11.8 Å². The smallest absolute Gasteiger partial charge is 0.368 e. The third kappa shape index (κ3) is 7.86. The van der Waals surface area contributed by atoms with E-state index in [1.165, 1.54) is 7.05 Å². The van der Waals surface area contributed by atoms with E-state index in [4.69, 9.17) is 4.74 Å². The van der Waals surface area contributed by atoms with Gasteiger partial charge in [0.2, 0.25) is 11.8 Å². The molecule has 0 atom stereocenters. The minimum atomic E-state index is -4.46. The predicted octanol–water partition coefficient (Wildman–Crippen LogP) is -0.108. The second kappa shape index (κ2) is 8.18. The van der Waals surface area contributed by atoms with Gasteiger partial charge in [-0.25, -0.2) is 0 Å². The number of piperidine rings is 1. The van der Waals surface area contributed by atoms with Crippen molar-refractivity contribution in [2.24, 2.45) is 0 Å².